The van der Waals surface area contributed by atoms with E-state index >= 15 is 0 Å². The van der Waals surface area contributed by atoms with Crippen LogP contribution in [-0.4, -0.2) is 21.3 Å². The van der Waals surface area contributed by atoms with Crippen LogP contribution in [0.5, 0.6) is 0 Å². The smallest absolute Gasteiger partial charge is 0.191 e. The fourth-order valence-electron chi connectivity index (χ4n) is 1.44. The molecule has 2 heterocycles. The van der Waals surface area contributed by atoms with E-state index in [1.54, 1.807) is 19.2 Å². The Morgan fingerprint density at radius 1 is 1.35 bits per heavy atom. The number of hydrogen-bond acceptors (Lipinski definition) is 3. The van der Waals surface area contributed by atoms with Gasteiger partial charge in [0.15, 0.2) is 23.3 Å². The van der Waals surface area contributed by atoms with E-state index in [1.807, 2.05) is 6.92 Å². The van der Waals surface area contributed by atoms with Crippen LogP contribution in [0.15, 0.2) is 18.3 Å². The van der Waals surface area contributed by atoms with Gasteiger partial charge in [0, 0.05) is 18.8 Å². The standard InChI is InChI=1S/C11H12F2N4/c1-3-14-10-8(12)6-9(13)11(15-10)17-5-4-7(2)16-17/h4-6H,3H2,1-2H3,(H,14,15). The largest absolute Gasteiger partial charge is 0.368 e. The van der Waals surface area contributed by atoms with Crippen molar-refractivity contribution in [1.82, 2.24) is 14.8 Å². The summed E-state index contributed by atoms with van der Waals surface area (Å²) < 4.78 is 28.2. The van der Waals surface area contributed by atoms with Crippen molar-refractivity contribution in [2.24, 2.45) is 0 Å². The molecule has 0 bridgehead atoms. The lowest BCUT2D eigenvalue weighted by atomic mass is 10.4. The lowest BCUT2D eigenvalue weighted by molar-refractivity contribution is 0.562. The van der Waals surface area contributed by atoms with E-state index in [2.05, 4.69) is 15.4 Å². The maximum absolute atomic E-state index is 13.6. The third-order valence-electron chi connectivity index (χ3n) is 2.19. The number of aromatic nitrogens is 3. The summed E-state index contributed by atoms with van der Waals surface area (Å²) in [6, 6.07) is 2.52. The van der Waals surface area contributed by atoms with Gasteiger partial charge in [0.05, 0.1) is 5.69 Å². The zero-order chi connectivity index (χ0) is 12.4. The fraction of sp³-hybridized carbons (Fsp3) is 0.273. The molecule has 0 aliphatic heterocycles. The summed E-state index contributed by atoms with van der Waals surface area (Å²) in [6.45, 7) is 4.10. The first kappa shape index (κ1) is 11.5. The SMILES string of the molecule is CCNc1nc(-n2ccc(C)n2)c(F)cc1F. The Kier molecular flexibility index (Phi) is 3.03. The van der Waals surface area contributed by atoms with Gasteiger partial charge in [0.25, 0.3) is 0 Å². The van der Waals surface area contributed by atoms with E-state index < -0.39 is 11.6 Å². The van der Waals surface area contributed by atoms with E-state index in [9.17, 15) is 8.78 Å². The van der Waals surface area contributed by atoms with Gasteiger partial charge in [-0.25, -0.2) is 18.4 Å². The average Bonchev–Trinajstić information content (AvgIpc) is 2.69. The van der Waals surface area contributed by atoms with Crippen molar-refractivity contribution in [3.8, 4) is 5.82 Å². The van der Waals surface area contributed by atoms with Gasteiger partial charge in [-0.15, -0.1) is 0 Å². The Morgan fingerprint density at radius 3 is 2.71 bits per heavy atom. The van der Waals surface area contributed by atoms with Crippen LogP contribution < -0.4 is 5.32 Å². The second kappa shape index (κ2) is 4.48. The lowest BCUT2D eigenvalue weighted by Crippen LogP contribution is -2.08. The molecule has 0 aliphatic rings. The Bertz CT molecular complexity index is 536. The van der Waals surface area contributed by atoms with E-state index in [0.717, 1.165) is 11.8 Å². The van der Waals surface area contributed by atoms with Gasteiger partial charge in [-0.3, -0.25) is 0 Å². The molecule has 0 saturated carbocycles. The van der Waals surface area contributed by atoms with E-state index in [4.69, 9.17) is 0 Å². The Balaban J connectivity index is 2.50. The van der Waals surface area contributed by atoms with Crippen molar-refractivity contribution in [2.45, 2.75) is 13.8 Å². The van der Waals surface area contributed by atoms with Crippen LogP contribution in [0.3, 0.4) is 0 Å². The highest BCUT2D eigenvalue weighted by Gasteiger charge is 2.13. The molecule has 0 fully saturated rings. The molecular formula is C11H12F2N4. The molecule has 0 atom stereocenters. The summed E-state index contributed by atoms with van der Waals surface area (Å²) in [4.78, 5) is 3.88. The predicted molar refractivity (Wildman–Crippen MR) is 60.2 cm³/mol. The molecule has 2 aromatic heterocycles. The molecule has 17 heavy (non-hydrogen) atoms. The Labute approximate surface area is 97.3 Å². The van der Waals surface area contributed by atoms with Gasteiger partial charge in [-0.05, 0) is 19.9 Å². The van der Waals surface area contributed by atoms with Crippen LogP contribution in [-0.2, 0) is 0 Å². The van der Waals surface area contributed by atoms with Gasteiger partial charge >= 0.3 is 0 Å². The second-order valence-corrected chi connectivity index (χ2v) is 3.56. The highest BCUT2D eigenvalue weighted by atomic mass is 19.1. The maximum Gasteiger partial charge on any atom is 0.191 e. The van der Waals surface area contributed by atoms with Gasteiger partial charge in [0.1, 0.15) is 0 Å². The number of nitrogens with one attached hydrogen (secondary N) is 1. The molecule has 1 N–H and O–H groups in total. The zero-order valence-electron chi connectivity index (χ0n) is 9.54. The van der Waals surface area contributed by atoms with Gasteiger partial charge in [0.2, 0.25) is 0 Å². The topological polar surface area (TPSA) is 42.7 Å². The third kappa shape index (κ3) is 2.25. The van der Waals surface area contributed by atoms with Crippen LogP contribution in [0.25, 0.3) is 5.82 Å². The summed E-state index contributed by atoms with van der Waals surface area (Å²) >= 11 is 0. The quantitative estimate of drug-likeness (QED) is 0.892. The summed E-state index contributed by atoms with van der Waals surface area (Å²) in [7, 11) is 0. The number of pyridine rings is 1. The van der Waals surface area contributed by atoms with Gasteiger partial charge in [-0.2, -0.15) is 5.10 Å². The third-order valence-corrected chi connectivity index (χ3v) is 2.19. The molecule has 0 spiro atoms. The van der Waals surface area contributed by atoms with Gasteiger partial charge in [-0.1, -0.05) is 0 Å². The molecule has 0 unspecified atom stereocenters. The number of halogens is 2. The maximum atomic E-state index is 13.6. The lowest BCUT2D eigenvalue weighted by Gasteiger charge is -2.08. The summed E-state index contributed by atoms with van der Waals surface area (Å²) in [6.07, 6.45) is 1.58. The molecule has 0 aliphatic carbocycles. The Hall–Kier alpha value is -1.98. The number of aryl methyl sites for hydroxylation is 1. The van der Waals surface area contributed by atoms with Crippen molar-refractivity contribution < 1.29 is 8.78 Å². The molecule has 0 radical (unpaired) electrons. The molecule has 2 aromatic rings. The van der Waals surface area contributed by atoms with Crippen LogP contribution in [0.4, 0.5) is 14.6 Å². The second-order valence-electron chi connectivity index (χ2n) is 3.56. The molecule has 0 aromatic carbocycles. The minimum Gasteiger partial charge on any atom is -0.368 e. The van der Waals surface area contributed by atoms with Crippen molar-refractivity contribution in [3.63, 3.8) is 0 Å². The first-order chi connectivity index (χ1) is 8.11. The summed E-state index contributed by atoms with van der Waals surface area (Å²) in [5, 5.41) is 6.76. The molecule has 6 heteroatoms. The van der Waals surface area contributed by atoms with Crippen LogP contribution in [0, 0.1) is 18.6 Å². The predicted octanol–water partition coefficient (Wildman–Crippen LogP) is 2.29. The normalized spacial score (nSPS) is 10.6. The number of hydrogen-bond donors (Lipinski definition) is 1. The first-order valence-corrected chi connectivity index (χ1v) is 5.24. The van der Waals surface area contributed by atoms with Crippen molar-refractivity contribution in [2.75, 3.05) is 11.9 Å². The van der Waals surface area contributed by atoms with Gasteiger partial charge < -0.3 is 5.32 Å². The number of nitrogens with zero attached hydrogens (tertiary/aromatic N) is 3. The van der Waals surface area contributed by atoms with Crippen molar-refractivity contribution in [3.05, 3.63) is 35.7 Å². The first-order valence-electron chi connectivity index (χ1n) is 5.24. The zero-order valence-corrected chi connectivity index (χ0v) is 9.54. The van der Waals surface area contributed by atoms with Crippen LogP contribution in [0.1, 0.15) is 12.6 Å². The minimum atomic E-state index is -0.743. The minimum absolute atomic E-state index is 0.0181. The molecule has 2 rings (SSSR count). The molecule has 90 valence electrons. The molecule has 4 nitrogen and oxygen atoms in total. The van der Waals surface area contributed by atoms with E-state index in [0.29, 0.717) is 6.54 Å². The van der Waals surface area contributed by atoms with Crippen LogP contribution >= 0.6 is 0 Å². The molecule has 0 amide bonds. The van der Waals surface area contributed by atoms with Crippen molar-refractivity contribution >= 4 is 5.82 Å². The highest BCUT2D eigenvalue weighted by molar-refractivity contribution is 5.42. The van der Waals surface area contributed by atoms with Crippen LogP contribution in [0.2, 0.25) is 0 Å². The van der Waals surface area contributed by atoms with E-state index in [-0.39, 0.29) is 11.6 Å². The summed E-state index contributed by atoms with van der Waals surface area (Å²) in [5.41, 5.74) is 0.737. The number of anilines is 1. The van der Waals surface area contributed by atoms with Crippen molar-refractivity contribution in [1.29, 1.82) is 0 Å². The number of rotatable bonds is 3. The Morgan fingerprint density at radius 2 is 2.12 bits per heavy atom. The molecular weight excluding hydrogens is 226 g/mol. The molecule has 0 saturated heterocycles. The van der Waals surface area contributed by atoms with E-state index in [1.165, 1.54) is 4.68 Å². The average molecular weight is 238 g/mol. The highest BCUT2D eigenvalue weighted by Crippen LogP contribution is 2.17. The summed E-state index contributed by atoms with van der Waals surface area (Å²) in [5.74, 6) is -1.45. The monoisotopic (exact) mass is 238 g/mol. The fourth-order valence-corrected chi connectivity index (χ4v) is 1.44.